The normalized spacial score (nSPS) is 14.9. The number of sulfonamides is 1. The Morgan fingerprint density at radius 2 is 1.59 bits per heavy atom. The van der Waals surface area contributed by atoms with E-state index in [1.54, 1.807) is 43.5 Å². The Morgan fingerprint density at radius 3 is 2.22 bits per heavy atom. The number of anilines is 2. The number of aryl methyl sites for hydroxylation is 1. The highest BCUT2D eigenvalue weighted by molar-refractivity contribution is 7.92. The van der Waals surface area contributed by atoms with Crippen LogP contribution in [0, 0.1) is 6.92 Å². The molecule has 168 valence electrons. The molecule has 32 heavy (non-hydrogen) atoms. The van der Waals surface area contributed by atoms with Gasteiger partial charge in [-0.1, -0.05) is 12.1 Å². The van der Waals surface area contributed by atoms with Gasteiger partial charge in [0.05, 0.1) is 11.0 Å². The summed E-state index contributed by atoms with van der Waals surface area (Å²) in [6, 6.07) is 21.6. The van der Waals surface area contributed by atoms with Crippen molar-refractivity contribution in [3.05, 3.63) is 78.4 Å². The van der Waals surface area contributed by atoms with Gasteiger partial charge in [0.1, 0.15) is 11.5 Å². The van der Waals surface area contributed by atoms with Crippen LogP contribution in [0.2, 0.25) is 0 Å². The van der Waals surface area contributed by atoms with Gasteiger partial charge in [-0.2, -0.15) is 0 Å². The van der Waals surface area contributed by atoms with Gasteiger partial charge in [0.25, 0.3) is 10.0 Å². The second-order valence-electron chi connectivity index (χ2n) is 7.96. The third-order valence-corrected chi connectivity index (χ3v) is 7.02. The average Bonchev–Trinajstić information content (AvgIpc) is 2.80. The highest BCUT2D eigenvalue weighted by atomic mass is 32.2. The van der Waals surface area contributed by atoms with Gasteiger partial charge >= 0.3 is 0 Å². The van der Waals surface area contributed by atoms with E-state index in [9.17, 15) is 8.42 Å². The van der Waals surface area contributed by atoms with Crippen LogP contribution in [0.3, 0.4) is 0 Å². The summed E-state index contributed by atoms with van der Waals surface area (Å²) in [6.45, 7) is 3.85. The van der Waals surface area contributed by atoms with Crippen LogP contribution in [0.15, 0.2) is 77.7 Å². The number of piperidine rings is 1. The molecule has 3 aromatic rings. The molecule has 0 atom stereocenters. The predicted octanol–water partition coefficient (Wildman–Crippen LogP) is 5.20. The van der Waals surface area contributed by atoms with Crippen molar-refractivity contribution in [2.24, 2.45) is 0 Å². The maximum Gasteiger partial charge on any atom is 0.261 e. The first-order chi connectivity index (χ1) is 15.4. The van der Waals surface area contributed by atoms with Gasteiger partial charge in [-0.15, -0.1) is 0 Å². The Morgan fingerprint density at radius 1 is 0.906 bits per heavy atom. The van der Waals surface area contributed by atoms with E-state index in [0.29, 0.717) is 23.3 Å². The summed E-state index contributed by atoms with van der Waals surface area (Å²) in [7, 11) is -1.94. The highest BCUT2D eigenvalue weighted by Crippen LogP contribution is 2.26. The minimum atomic E-state index is -3.69. The molecule has 3 aromatic carbocycles. The zero-order valence-electron chi connectivity index (χ0n) is 18.3. The van der Waals surface area contributed by atoms with Gasteiger partial charge in [0.2, 0.25) is 0 Å². The molecular formula is C25H28N2O4S. The first-order valence-electron chi connectivity index (χ1n) is 10.7. The molecule has 1 aliphatic rings. The molecule has 1 heterocycles. The summed E-state index contributed by atoms with van der Waals surface area (Å²) >= 11 is 0. The number of ether oxygens (including phenoxy) is 2. The summed E-state index contributed by atoms with van der Waals surface area (Å²) in [5.41, 5.74) is 2.71. The molecule has 6 nitrogen and oxygen atoms in total. The van der Waals surface area contributed by atoms with Crippen molar-refractivity contribution in [3.63, 3.8) is 0 Å². The van der Waals surface area contributed by atoms with Crippen molar-refractivity contribution in [1.29, 1.82) is 0 Å². The standard InChI is InChI=1S/C25H28N2O4S/c1-19-4-3-5-24(18-19)31-23-10-12-25(13-11-23)32(28,29)26-20-6-8-21(9-7-20)27-16-14-22(30-2)15-17-27/h3-13,18,22,26H,14-17H2,1-2H3. The Labute approximate surface area is 189 Å². The van der Waals surface area contributed by atoms with Crippen LogP contribution in [0.4, 0.5) is 11.4 Å². The van der Waals surface area contributed by atoms with E-state index in [4.69, 9.17) is 9.47 Å². The molecule has 0 unspecified atom stereocenters. The van der Waals surface area contributed by atoms with Crippen LogP contribution in [0.5, 0.6) is 11.5 Å². The van der Waals surface area contributed by atoms with E-state index >= 15 is 0 Å². The Balaban J connectivity index is 1.39. The van der Waals surface area contributed by atoms with E-state index in [2.05, 4.69) is 9.62 Å². The lowest BCUT2D eigenvalue weighted by molar-refractivity contribution is 0.0819. The van der Waals surface area contributed by atoms with Crippen LogP contribution in [-0.4, -0.2) is 34.7 Å². The minimum Gasteiger partial charge on any atom is -0.457 e. The maximum absolute atomic E-state index is 12.8. The molecule has 4 rings (SSSR count). The molecule has 0 aliphatic carbocycles. The van der Waals surface area contributed by atoms with Crippen LogP contribution in [-0.2, 0) is 14.8 Å². The van der Waals surface area contributed by atoms with Crippen molar-refractivity contribution in [2.75, 3.05) is 29.8 Å². The van der Waals surface area contributed by atoms with Crippen molar-refractivity contribution in [2.45, 2.75) is 30.8 Å². The highest BCUT2D eigenvalue weighted by Gasteiger charge is 2.19. The summed E-state index contributed by atoms with van der Waals surface area (Å²) < 4.78 is 39.5. The zero-order valence-corrected chi connectivity index (χ0v) is 19.1. The Kier molecular flexibility index (Phi) is 6.67. The number of hydrogen-bond donors (Lipinski definition) is 1. The number of rotatable bonds is 7. The predicted molar refractivity (Wildman–Crippen MR) is 127 cm³/mol. The van der Waals surface area contributed by atoms with Crippen molar-refractivity contribution >= 4 is 21.4 Å². The summed E-state index contributed by atoms with van der Waals surface area (Å²) in [5.74, 6) is 1.29. The lowest BCUT2D eigenvalue weighted by atomic mass is 10.1. The first kappa shape index (κ1) is 22.2. The van der Waals surface area contributed by atoms with E-state index in [1.165, 1.54) is 0 Å². The topological polar surface area (TPSA) is 67.9 Å². The van der Waals surface area contributed by atoms with Gasteiger partial charge in [-0.25, -0.2) is 8.42 Å². The quantitative estimate of drug-likeness (QED) is 0.533. The molecule has 1 aliphatic heterocycles. The molecule has 1 saturated heterocycles. The smallest absolute Gasteiger partial charge is 0.261 e. The third kappa shape index (κ3) is 5.41. The van der Waals surface area contributed by atoms with Crippen molar-refractivity contribution in [1.82, 2.24) is 0 Å². The van der Waals surface area contributed by atoms with E-state index in [1.807, 2.05) is 43.3 Å². The van der Waals surface area contributed by atoms with E-state index in [0.717, 1.165) is 37.2 Å². The second-order valence-corrected chi connectivity index (χ2v) is 9.65. The number of benzene rings is 3. The summed E-state index contributed by atoms with van der Waals surface area (Å²) in [4.78, 5) is 2.47. The number of nitrogens with one attached hydrogen (secondary N) is 1. The van der Waals surface area contributed by atoms with Gasteiger partial charge < -0.3 is 14.4 Å². The van der Waals surface area contributed by atoms with Crippen LogP contribution >= 0.6 is 0 Å². The lowest BCUT2D eigenvalue weighted by Gasteiger charge is -2.33. The zero-order chi connectivity index (χ0) is 22.6. The van der Waals surface area contributed by atoms with Gasteiger partial charge in [-0.05, 0) is 86.0 Å². The van der Waals surface area contributed by atoms with Crippen LogP contribution in [0.25, 0.3) is 0 Å². The van der Waals surface area contributed by atoms with Crippen molar-refractivity contribution < 1.29 is 17.9 Å². The number of nitrogens with zero attached hydrogens (tertiary/aromatic N) is 1. The SMILES string of the molecule is COC1CCN(c2ccc(NS(=O)(=O)c3ccc(Oc4cccc(C)c4)cc3)cc2)CC1. The fraction of sp³-hybridized carbons (Fsp3) is 0.280. The molecule has 0 spiro atoms. The largest absolute Gasteiger partial charge is 0.457 e. The monoisotopic (exact) mass is 452 g/mol. The molecule has 1 fully saturated rings. The third-order valence-electron chi connectivity index (χ3n) is 5.62. The molecule has 1 N–H and O–H groups in total. The lowest BCUT2D eigenvalue weighted by Crippen LogP contribution is -2.36. The first-order valence-corrected chi connectivity index (χ1v) is 12.2. The molecule has 0 saturated carbocycles. The fourth-order valence-electron chi connectivity index (χ4n) is 3.81. The van der Waals surface area contributed by atoms with Crippen LogP contribution < -0.4 is 14.4 Å². The number of hydrogen-bond acceptors (Lipinski definition) is 5. The van der Waals surface area contributed by atoms with E-state index < -0.39 is 10.0 Å². The summed E-state index contributed by atoms with van der Waals surface area (Å²) in [5, 5.41) is 0. The second kappa shape index (κ2) is 9.63. The molecule has 0 radical (unpaired) electrons. The maximum atomic E-state index is 12.8. The molecule has 0 bridgehead atoms. The van der Waals surface area contributed by atoms with Gasteiger partial charge in [0.15, 0.2) is 0 Å². The number of methoxy groups -OCH3 is 1. The average molecular weight is 453 g/mol. The minimum absolute atomic E-state index is 0.180. The van der Waals surface area contributed by atoms with Crippen molar-refractivity contribution in [3.8, 4) is 11.5 Å². The van der Waals surface area contributed by atoms with Gasteiger partial charge in [-0.3, -0.25) is 4.72 Å². The molecule has 0 aromatic heterocycles. The van der Waals surface area contributed by atoms with Gasteiger partial charge in [0, 0.05) is 31.6 Å². The Bertz CT molecular complexity index is 1140. The van der Waals surface area contributed by atoms with E-state index in [-0.39, 0.29) is 4.90 Å². The van der Waals surface area contributed by atoms with Crippen LogP contribution in [0.1, 0.15) is 18.4 Å². The molecule has 7 heteroatoms. The molecule has 0 amide bonds. The Hall–Kier alpha value is -3.03. The fourth-order valence-corrected chi connectivity index (χ4v) is 4.86. The summed E-state index contributed by atoms with van der Waals surface area (Å²) in [6.07, 6.45) is 2.31. The molecular weight excluding hydrogens is 424 g/mol.